The van der Waals surface area contributed by atoms with Crippen molar-refractivity contribution in [2.75, 3.05) is 0 Å². The van der Waals surface area contributed by atoms with Gasteiger partial charge in [0.15, 0.2) is 0 Å². The van der Waals surface area contributed by atoms with Gasteiger partial charge in [0.25, 0.3) is 0 Å². The molecule has 0 aliphatic rings. The van der Waals surface area contributed by atoms with Gasteiger partial charge in [0.1, 0.15) is 0 Å². The lowest BCUT2D eigenvalue weighted by Crippen LogP contribution is -2.11. The van der Waals surface area contributed by atoms with E-state index in [1.807, 2.05) is 12.1 Å². The number of benzene rings is 1. The molecule has 2 N–H and O–H groups in total. The lowest BCUT2D eigenvalue weighted by atomic mass is 10.3. The van der Waals surface area contributed by atoms with Crippen LogP contribution in [0.15, 0.2) is 50.1 Å². The van der Waals surface area contributed by atoms with Gasteiger partial charge in [0.05, 0.1) is 14.4 Å². The summed E-state index contributed by atoms with van der Waals surface area (Å²) in [7, 11) is -3.64. The Bertz CT molecular complexity index is 675. The summed E-state index contributed by atoms with van der Waals surface area (Å²) in [5, 5.41) is 5.00. The number of primary sulfonamides is 1. The van der Waals surface area contributed by atoms with Crippen LogP contribution in [0.3, 0.4) is 0 Å². The molecule has 4 nitrogen and oxygen atoms in total. The third kappa shape index (κ3) is 3.49. The van der Waals surface area contributed by atoms with Gasteiger partial charge in [-0.3, -0.25) is 4.99 Å². The fourth-order valence-electron chi connectivity index (χ4n) is 1.26. The molecule has 1 aromatic heterocycles. The van der Waals surface area contributed by atoms with Crippen molar-refractivity contribution < 1.29 is 8.42 Å². The first kappa shape index (κ1) is 13.4. The summed E-state index contributed by atoms with van der Waals surface area (Å²) in [5.74, 6) is 0. The van der Waals surface area contributed by atoms with Crippen molar-refractivity contribution in [1.82, 2.24) is 0 Å². The van der Waals surface area contributed by atoms with E-state index >= 15 is 0 Å². The van der Waals surface area contributed by atoms with Gasteiger partial charge in [-0.2, -0.15) is 0 Å². The highest BCUT2D eigenvalue weighted by atomic mass is 79.9. The van der Waals surface area contributed by atoms with Crippen LogP contribution in [0.1, 0.15) is 4.88 Å². The van der Waals surface area contributed by atoms with E-state index in [0.717, 1.165) is 8.66 Å². The van der Waals surface area contributed by atoms with Crippen molar-refractivity contribution >= 4 is 49.2 Å². The Hall–Kier alpha value is -1.02. The molecule has 7 heteroatoms. The van der Waals surface area contributed by atoms with Crippen molar-refractivity contribution in [2.24, 2.45) is 10.1 Å². The second-order valence-electron chi connectivity index (χ2n) is 3.44. The van der Waals surface area contributed by atoms with Gasteiger partial charge in [-0.25, -0.2) is 13.6 Å². The second kappa shape index (κ2) is 5.31. The molecule has 0 aliphatic carbocycles. The van der Waals surface area contributed by atoms with Crippen LogP contribution in [0.2, 0.25) is 0 Å². The Morgan fingerprint density at radius 2 is 1.83 bits per heavy atom. The summed E-state index contributed by atoms with van der Waals surface area (Å²) >= 11 is 4.93. The molecule has 0 saturated carbocycles. The minimum Gasteiger partial charge on any atom is -0.255 e. The number of nitrogens with two attached hydrogens (primary N) is 1. The van der Waals surface area contributed by atoms with Crippen molar-refractivity contribution in [1.29, 1.82) is 0 Å². The van der Waals surface area contributed by atoms with Crippen LogP contribution in [-0.4, -0.2) is 14.6 Å². The van der Waals surface area contributed by atoms with E-state index in [2.05, 4.69) is 20.9 Å². The Morgan fingerprint density at radius 3 is 2.33 bits per heavy atom. The topological polar surface area (TPSA) is 72.5 Å². The Labute approximate surface area is 117 Å². The van der Waals surface area contributed by atoms with Gasteiger partial charge in [-0.15, -0.1) is 11.3 Å². The van der Waals surface area contributed by atoms with Crippen LogP contribution < -0.4 is 5.14 Å². The maximum Gasteiger partial charge on any atom is 0.238 e. The minimum absolute atomic E-state index is 0.0836. The average Bonchev–Trinajstić information content (AvgIpc) is 2.72. The predicted molar refractivity (Wildman–Crippen MR) is 77.1 cm³/mol. The van der Waals surface area contributed by atoms with Gasteiger partial charge in [0.2, 0.25) is 10.0 Å². The van der Waals surface area contributed by atoms with Crippen LogP contribution in [0.5, 0.6) is 0 Å². The molecule has 1 aromatic carbocycles. The average molecular weight is 345 g/mol. The van der Waals surface area contributed by atoms with Crippen molar-refractivity contribution in [3.05, 3.63) is 45.1 Å². The molecule has 94 valence electrons. The number of halogens is 1. The van der Waals surface area contributed by atoms with Crippen LogP contribution in [-0.2, 0) is 10.0 Å². The molecule has 0 unspecified atom stereocenters. The van der Waals surface area contributed by atoms with Crippen LogP contribution in [0.4, 0.5) is 5.69 Å². The molecule has 2 aromatic rings. The van der Waals surface area contributed by atoms with Gasteiger partial charge in [-0.1, -0.05) is 0 Å². The Balaban J connectivity index is 2.18. The van der Waals surface area contributed by atoms with Crippen LogP contribution >= 0.6 is 27.3 Å². The van der Waals surface area contributed by atoms with Gasteiger partial charge >= 0.3 is 0 Å². The van der Waals surface area contributed by atoms with Crippen molar-refractivity contribution in [3.63, 3.8) is 0 Å². The van der Waals surface area contributed by atoms with Crippen LogP contribution in [0.25, 0.3) is 0 Å². The number of rotatable bonds is 3. The highest BCUT2D eigenvalue weighted by Crippen LogP contribution is 2.21. The first-order valence-corrected chi connectivity index (χ1v) is 8.03. The quantitative estimate of drug-likeness (QED) is 0.869. The first-order valence-electron chi connectivity index (χ1n) is 4.87. The number of hydrogen-bond donors (Lipinski definition) is 1. The zero-order valence-corrected chi connectivity index (χ0v) is 12.3. The zero-order chi connectivity index (χ0) is 13.2. The van der Waals surface area contributed by atoms with Crippen molar-refractivity contribution in [2.45, 2.75) is 4.90 Å². The minimum atomic E-state index is -3.64. The van der Waals surface area contributed by atoms with E-state index in [-0.39, 0.29) is 4.90 Å². The molecule has 0 fully saturated rings. The van der Waals surface area contributed by atoms with Crippen LogP contribution in [0, 0.1) is 0 Å². The maximum absolute atomic E-state index is 11.1. The molecule has 18 heavy (non-hydrogen) atoms. The normalized spacial score (nSPS) is 12.1. The number of thiophene rings is 1. The smallest absolute Gasteiger partial charge is 0.238 e. The molecule has 0 atom stereocenters. The highest BCUT2D eigenvalue weighted by molar-refractivity contribution is 9.11. The third-order valence-corrected chi connectivity index (χ3v) is 4.59. The number of nitrogens with zero attached hydrogens (tertiary/aromatic N) is 1. The van der Waals surface area contributed by atoms with E-state index < -0.39 is 10.0 Å². The van der Waals surface area contributed by atoms with Gasteiger partial charge in [-0.05, 0) is 52.3 Å². The highest BCUT2D eigenvalue weighted by Gasteiger charge is 2.05. The molecule has 0 radical (unpaired) electrons. The molecule has 0 saturated heterocycles. The second-order valence-corrected chi connectivity index (χ2v) is 7.50. The van der Waals surface area contributed by atoms with E-state index in [1.54, 1.807) is 29.7 Å². The Kier molecular flexibility index (Phi) is 3.96. The first-order chi connectivity index (χ1) is 8.45. The summed E-state index contributed by atoms with van der Waals surface area (Å²) in [6.45, 7) is 0. The summed E-state index contributed by atoms with van der Waals surface area (Å²) < 4.78 is 23.2. The molecule has 0 spiro atoms. The van der Waals surface area contributed by atoms with E-state index in [9.17, 15) is 8.42 Å². The maximum atomic E-state index is 11.1. The van der Waals surface area contributed by atoms with E-state index in [1.165, 1.54) is 12.1 Å². The largest absolute Gasteiger partial charge is 0.255 e. The van der Waals surface area contributed by atoms with E-state index in [4.69, 9.17) is 5.14 Å². The monoisotopic (exact) mass is 344 g/mol. The SMILES string of the molecule is NS(=O)(=O)c1ccc(N=Cc2ccc(Br)s2)cc1. The molecular formula is C11H9BrN2O2S2. The van der Waals surface area contributed by atoms with Gasteiger partial charge < -0.3 is 0 Å². The molecule has 0 bridgehead atoms. The summed E-state index contributed by atoms with van der Waals surface area (Å²) in [6, 6.07) is 9.98. The number of aliphatic imine (C=N–C) groups is 1. The molecular weight excluding hydrogens is 336 g/mol. The van der Waals surface area contributed by atoms with E-state index in [0.29, 0.717) is 5.69 Å². The third-order valence-electron chi connectivity index (χ3n) is 2.10. The summed E-state index contributed by atoms with van der Waals surface area (Å²) in [4.78, 5) is 5.34. The Morgan fingerprint density at radius 1 is 1.17 bits per heavy atom. The standard InChI is InChI=1S/C11H9BrN2O2S2/c12-11-6-3-9(17-11)7-14-8-1-4-10(5-2-8)18(13,15)16/h1-7H,(H2,13,15,16). The summed E-state index contributed by atoms with van der Waals surface area (Å²) in [6.07, 6.45) is 1.72. The molecule has 0 aliphatic heterocycles. The number of sulfonamides is 1. The van der Waals surface area contributed by atoms with Gasteiger partial charge in [0, 0.05) is 11.1 Å². The molecule has 0 amide bonds. The summed E-state index contributed by atoms with van der Waals surface area (Å²) in [5.41, 5.74) is 0.673. The zero-order valence-electron chi connectivity index (χ0n) is 9.08. The lowest BCUT2D eigenvalue weighted by molar-refractivity contribution is 0.598. The molecule has 1 heterocycles. The molecule has 2 rings (SSSR count). The lowest BCUT2D eigenvalue weighted by Gasteiger charge is -1.97. The van der Waals surface area contributed by atoms with Crippen molar-refractivity contribution in [3.8, 4) is 0 Å². The predicted octanol–water partition coefficient (Wildman–Crippen LogP) is 2.91. The number of hydrogen-bond acceptors (Lipinski definition) is 4. The fraction of sp³-hybridized carbons (Fsp3) is 0. The fourth-order valence-corrected chi connectivity index (χ4v) is 3.07.